The number of nitrogens with one attached hydrogen (secondary N) is 1. The van der Waals surface area contributed by atoms with Gasteiger partial charge in [-0.15, -0.1) is 13.2 Å². The maximum Gasteiger partial charge on any atom is 0.573 e. The fraction of sp³-hybridized carbons (Fsp3) is 0.355. The quantitative estimate of drug-likeness (QED) is 0.244. The number of para-hydroxylation sites is 1. The molecule has 3 aromatic carbocycles. The standard InChI is InChI=1S/C31H34F3NO5/c1-19(2)13-27(24-15-20(3)14-21(4)16-24)35-30(38)26-17-25(11-9-22(26)10-12-29(36)37)39-18-23-7-5-6-8-28(23)40-31(32,33)34/h5-9,11,14-17,19,27H,10,12-13,18H2,1-4H3,(H,35,38)(H,36,37). The van der Waals surface area contributed by atoms with E-state index in [9.17, 15) is 27.9 Å². The van der Waals surface area contributed by atoms with Gasteiger partial charge in [0.2, 0.25) is 0 Å². The molecule has 0 aliphatic carbocycles. The molecule has 6 nitrogen and oxygen atoms in total. The van der Waals surface area contributed by atoms with Gasteiger partial charge in [0.1, 0.15) is 18.1 Å². The summed E-state index contributed by atoms with van der Waals surface area (Å²) in [7, 11) is 0. The molecular formula is C31H34F3NO5. The lowest BCUT2D eigenvalue weighted by atomic mass is 9.93. The molecule has 1 atom stereocenters. The zero-order valence-electron chi connectivity index (χ0n) is 23.0. The maximum atomic E-state index is 13.6. The lowest BCUT2D eigenvalue weighted by Gasteiger charge is -2.23. The molecule has 0 fully saturated rings. The second kappa shape index (κ2) is 13.4. The first-order chi connectivity index (χ1) is 18.8. The summed E-state index contributed by atoms with van der Waals surface area (Å²) in [6.07, 6.45) is -4.21. The van der Waals surface area contributed by atoms with Crippen molar-refractivity contribution in [2.24, 2.45) is 5.92 Å². The second-order valence-corrected chi connectivity index (χ2v) is 10.2. The van der Waals surface area contributed by atoms with E-state index in [1.807, 2.05) is 26.0 Å². The molecule has 9 heteroatoms. The summed E-state index contributed by atoms with van der Waals surface area (Å²) in [6.45, 7) is 7.88. The summed E-state index contributed by atoms with van der Waals surface area (Å²) in [5.74, 6) is -1.24. The average molecular weight is 558 g/mol. The van der Waals surface area contributed by atoms with E-state index in [0.717, 1.165) is 16.7 Å². The average Bonchev–Trinajstić information content (AvgIpc) is 2.85. The smallest absolute Gasteiger partial charge is 0.489 e. The third-order valence-electron chi connectivity index (χ3n) is 6.19. The van der Waals surface area contributed by atoms with Crippen molar-refractivity contribution >= 4 is 11.9 Å². The Balaban J connectivity index is 1.89. The molecule has 40 heavy (non-hydrogen) atoms. The number of aryl methyl sites for hydroxylation is 3. The number of carbonyl (C=O) groups excluding carboxylic acids is 1. The van der Waals surface area contributed by atoms with Crippen LogP contribution >= 0.6 is 0 Å². The van der Waals surface area contributed by atoms with Crippen LogP contribution in [0.25, 0.3) is 0 Å². The van der Waals surface area contributed by atoms with Crippen molar-refractivity contribution in [1.29, 1.82) is 0 Å². The van der Waals surface area contributed by atoms with Gasteiger partial charge in [0.05, 0.1) is 6.04 Å². The highest BCUT2D eigenvalue weighted by Gasteiger charge is 2.32. The van der Waals surface area contributed by atoms with Gasteiger partial charge in [0.15, 0.2) is 0 Å². The maximum absolute atomic E-state index is 13.6. The Morgan fingerprint density at radius 3 is 2.25 bits per heavy atom. The number of benzene rings is 3. The summed E-state index contributed by atoms with van der Waals surface area (Å²) in [4.78, 5) is 24.9. The van der Waals surface area contributed by atoms with Crippen molar-refractivity contribution in [3.05, 3.63) is 94.0 Å². The Hall–Kier alpha value is -4.01. The van der Waals surface area contributed by atoms with Gasteiger partial charge in [-0.05, 0) is 61.9 Å². The zero-order valence-corrected chi connectivity index (χ0v) is 23.0. The molecule has 0 spiro atoms. The number of hydrogen-bond acceptors (Lipinski definition) is 4. The normalized spacial score (nSPS) is 12.2. The molecule has 1 unspecified atom stereocenters. The predicted molar refractivity (Wildman–Crippen MR) is 145 cm³/mol. The van der Waals surface area contributed by atoms with E-state index in [1.165, 1.54) is 24.3 Å². The third kappa shape index (κ3) is 9.32. The molecule has 0 saturated heterocycles. The van der Waals surface area contributed by atoms with E-state index in [-0.39, 0.29) is 54.0 Å². The summed E-state index contributed by atoms with van der Waals surface area (Å²) in [6, 6.07) is 16.2. The Labute approximate surface area is 232 Å². The summed E-state index contributed by atoms with van der Waals surface area (Å²) in [5, 5.41) is 12.3. The van der Waals surface area contributed by atoms with Crippen LogP contribution < -0.4 is 14.8 Å². The first kappa shape index (κ1) is 30.5. The lowest BCUT2D eigenvalue weighted by Crippen LogP contribution is -2.30. The molecule has 3 aromatic rings. The molecule has 2 N–H and O–H groups in total. The molecule has 0 radical (unpaired) electrons. The number of hydrogen-bond donors (Lipinski definition) is 2. The van der Waals surface area contributed by atoms with E-state index in [4.69, 9.17) is 4.74 Å². The number of rotatable bonds is 12. The van der Waals surface area contributed by atoms with Gasteiger partial charge in [-0.25, -0.2) is 0 Å². The van der Waals surface area contributed by atoms with E-state index in [0.29, 0.717) is 12.0 Å². The number of halogens is 3. The molecule has 3 rings (SSSR count). The van der Waals surface area contributed by atoms with Gasteiger partial charge < -0.3 is 19.9 Å². The number of amides is 1. The summed E-state index contributed by atoms with van der Waals surface area (Å²) < 4.78 is 48.3. The Morgan fingerprint density at radius 1 is 0.950 bits per heavy atom. The summed E-state index contributed by atoms with van der Waals surface area (Å²) in [5.41, 5.74) is 4.07. The van der Waals surface area contributed by atoms with Crippen LogP contribution in [0, 0.1) is 19.8 Å². The molecule has 214 valence electrons. The van der Waals surface area contributed by atoms with Crippen molar-refractivity contribution in [3.63, 3.8) is 0 Å². The molecule has 0 aromatic heterocycles. The summed E-state index contributed by atoms with van der Waals surface area (Å²) >= 11 is 0. The number of ether oxygens (including phenoxy) is 2. The van der Waals surface area contributed by atoms with Crippen molar-refractivity contribution in [2.45, 2.75) is 66.0 Å². The van der Waals surface area contributed by atoms with Crippen LogP contribution in [0.5, 0.6) is 11.5 Å². The van der Waals surface area contributed by atoms with E-state index in [2.05, 4.69) is 30.0 Å². The van der Waals surface area contributed by atoms with E-state index >= 15 is 0 Å². The van der Waals surface area contributed by atoms with Crippen molar-refractivity contribution in [1.82, 2.24) is 5.32 Å². The monoisotopic (exact) mass is 557 g/mol. The van der Waals surface area contributed by atoms with Crippen molar-refractivity contribution < 1.29 is 37.3 Å². The highest BCUT2D eigenvalue weighted by molar-refractivity contribution is 5.96. The fourth-order valence-corrected chi connectivity index (χ4v) is 4.52. The van der Waals surface area contributed by atoms with Gasteiger partial charge >= 0.3 is 12.3 Å². The minimum atomic E-state index is -4.85. The highest BCUT2D eigenvalue weighted by atomic mass is 19.4. The molecule has 0 bridgehead atoms. The van der Waals surface area contributed by atoms with Crippen molar-refractivity contribution in [3.8, 4) is 11.5 Å². The Kier molecular flexibility index (Phi) is 10.2. The van der Waals surface area contributed by atoms with Crippen LogP contribution in [0.2, 0.25) is 0 Å². The Bertz CT molecular complexity index is 1320. The van der Waals surface area contributed by atoms with Crippen LogP contribution in [0.3, 0.4) is 0 Å². The van der Waals surface area contributed by atoms with E-state index < -0.39 is 18.2 Å². The topological polar surface area (TPSA) is 84.9 Å². The van der Waals surface area contributed by atoms with Crippen LogP contribution in [0.1, 0.15) is 70.9 Å². The molecular weight excluding hydrogens is 523 g/mol. The molecule has 0 saturated carbocycles. The largest absolute Gasteiger partial charge is 0.573 e. The fourth-order valence-electron chi connectivity index (χ4n) is 4.52. The van der Waals surface area contributed by atoms with Gasteiger partial charge in [-0.1, -0.05) is 67.4 Å². The zero-order chi connectivity index (χ0) is 29.4. The van der Waals surface area contributed by atoms with Gasteiger partial charge in [0, 0.05) is 17.5 Å². The highest BCUT2D eigenvalue weighted by Crippen LogP contribution is 2.29. The number of carboxylic acid groups (broad SMARTS) is 1. The second-order valence-electron chi connectivity index (χ2n) is 10.2. The lowest BCUT2D eigenvalue weighted by molar-refractivity contribution is -0.275. The predicted octanol–water partition coefficient (Wildman–Crippen LogP) is 7.32. The molecule has 0 aliphatic rings. The van der Waals surface area contributed by atoms with Crippen LogP contribution in [-0.4, -0.2) is 23.3 Å². The number of carboxylic acids is 1. The van der Waals surface area contributed by atoms with Crippen LogP contribution in [0.4, 0.5) is 13.2 Å². The van der Waals surface area contributed by atoms with Gasteiger partial charge in [-0.3, -0.25) is 9.59 Å². The third-order valence-corrected chi connectivity index (χ3v) is 6.19. The van der Waals surface area contributed by atoms with Gasteiger partial charge in [0.25, 0.3) is 5.91 Å². The molecule has 0 aliphatic heterocycles. The number of alkyl halides is 3. The van der Waals surface area contributed by atoms with Gasteiger partial charge in [-0.2, -0.15) is 0 Å². The number of aliphatic carboxylic acids is 1. The van der Waals surface area contributed by atoms with Crippen molar-refractivity contribution in [2.75, 3.05) is 0 Å². The van der Waals surface area contributed by atoms with Crippen LogP contribution in [0.15, 0.2) is 60.7 Å². The minimum absolute atomic E-state index is 0.124. The van der Waals surface area contributed by atoms with E-state index in [1.54, 1.807) is 18.2 Å². The van der Waals surface area contributed by atoms with Crippen LogP contribution in [-0.2, 0) is 17.8 Å². The number of carbonyl (C=O) groups is 2. The first-order valence-electron chi connectivity index (χ1n) is 13.0. The molecule has 0 heterocycles. The first-order valence-corrected chi connectivity index (χ1v) is 13.0. The Morgan fingerprint density at radius 2 is 1.62 bits per heavy atom. The SMILES string of the molecule is Cc1cc(C)cc(C(CC(C)C)NC(=O)c2cc(OCc3ccccc3OC(F)(F)F)ccc2CCC(=O)O)c1. The molecule has 1 amide bonds. The minimum Gasteiger partial charge on any atom is -0.489 e.